The number of halogens is 2. The standard InChI is InChI=1S/C15H12BrClN2O2/c16-14-8-13(19(20)21)3-4-15(14)18-12-6-9-1-2-11(17)5-10(9)7-12/h1-5,8,12,18H,6-7H2. The molecule has 1 N–H and O–H groups in total. The Labute approximate surface area is 135 Å². The van der Waals surface area contributed by atoms with Gasteiger partial charge in [-0.15, -0.1) is 0 Å². The molecule has 1 aliphatic carbocycles. The number of hydrogen-bond donors (Lipinski definition) is 1. The highest BCUT2D eigenvalue weighted by Gasteiger charge is 2.22. The minimum atomic E-state index is -0.401. The molecule has 2 aromatic rings. The fraction of sp³-hybridized carbons (Fsp3) is 0.200. The summed E-state index contributed by atoms with van der Waals surface area (Å²) in [6.45, 7) is 0. The normalized spacial score (nSPS) is 16.6. The van der Waals surface area contributed by atoms with Crippen LogP contribution in [0.5, 0.6) is 0 Å². The van der Waals surface area contributed by atoms with Gasteiger partial charge < -0.3 is 5.32 Å². The third-order valence-corrected chi connectivity index (χ3v) is 4.52. The SMILES string of the molecule is O=[N+]([O-])c1ccc(NC2Cc3ccc(Cl)cc3C2)c(Br)c1. The van der Waals surface area contributed by atoms with Crippen LogP contribution >= 0.6 is 27.5 Å². The zero-order chi connectivity index (χ0) is 15.0. The summed E-state index contributed by atoms with van der Waals surface area (Å²) in [5.74, 6) is 0. The van der Waals surface area contributed by atoms with Crippen LogP contribution in [0.2, 0.25) is 5.02 Å². The molecule has 0 saturated heterocycles. The molecule has 1 atom stereocenters. The van der Waals surface area contributed by atoms with Crippen LogP contribution in [0.25, 0.3) is 0 Å². The molecule has 0 radical (unpaired) electrons. The number of nitro benzene ring substituents is 1. The van der Waals surface area contributed by atoms with Gasteiger partial charge in [0.2, 0.25) is 0 Å². The third-order valence-electron chi connectivity index (χ3n) is 3.62. The van der Waals surface area contributed by atoms with E-state index in [2.05, 4.69) is 27.3 Å². The van der Waals surface area contributed by atoms with Crippen LogP contribution in [0.15, 0.2) is 40.9 Å². The first-order valence-electron chi connectivity index (χ1n) is 6.51. The van der Waals surface area contributed by atoms with Crippen molar-refractivity contribution in [3.05, 3.63) is 67.1 Å². The topological polar surface area (TPSA) is 55.2 Å². The molecule has 0 spiro atoms. The molecule has 0 aromatic heterocycles. The van der Waals surface area contributed by atoms with E-state index >= 15 is 0 Å². The molecule has 0 aliphatic heterocycles. The summed E-state index contributed by atoms with van der Waals surface area (Å²) in [6, 6.07) is 11.0. The maximum Gasteiger partial charge on any atom is 0.270 e. The minimum absolute atomic E-state index is 0.0777. The number of fused-ring (bicyclic) bond motifs is 1. The van der Waals surface area contributed by atoms with Gasteiger partial charge in [-0.05, 0) is 58.1 Å². The quantitative estimate of drug-likeness (QED) is 0.637. The van der Waals surface area contributed by atoms with Crippen LogP contribution in [0.3, 0.4) is 0 Å². The van der Waals surface area contributed by atoms with Crippen LogP contribution in [0.1, 0.15) is 11.1 Å². The van der Waals surface area contributed by atoms with Crippen molar-refractivity contribution in [1.82, 2.24) is 0 Å². The van der Waals surface area contributed by atoms with Crippen molar-refractivity contribution in [3.8, 4) is 0 Å². The van der Waals surface area contributed by atoms with Crippen LogP contribution in [-0.2, 0) is 12.8 Å². The molecular weight excluding hydrogens is 356 g/mol. The van der Waals surface area contributed by atoms with E-state index in [-0.39, 0.29) is 11.7 Å². The molecule has 3 rings (SSSR count). The number of anilines is 1. The Morgan fingerprint density at radius 3 is 2.67 bits per heavy atom. The molecule has 4 nitrogen and oxygen atoms in total. The van der Waals surface area contributed by atoms with Gasteiger partial charge in [-0.2, -0.15) is 0 Å². The molecule has 1 unspecified atom stereocenters. The van der Waals surface area contributed by atoms with E-state index in [9.17, 15) is 10.1 Å². The van der Waals surface area contributed by atoms with Crippen molar-refractivity contribution in [2.45, 2.75) is 18.9 Å². The lowest BCUT2D eigenvalue weighted by Gasteiger charge is -2.14. The zero-order valence-electron chi connectivity index (χ0n) is 11.0. The lowest BCUT2D eigenvalue weighted by atomic mass is 10.1. The average Bonchev–Trinajstić information content (AvgIpc) is 2.82. The van der Waals surface area contributed by atoms with Gasteiger partial charge in [0.25, 0.3) is 5.69 Å². The smallest absolute Gasteiger partial charge is 0.270 e. The lowest BCUT2D eigenvalue weighted by molar-refractivity contribution is -0.384. The summed E-state index contributed by atoms with van der Waals surface area (Å²) in [6.07, 6.45) is 1.83. The van der Waals surface area contributed by atoms with E-state index < -0.39 is 4.92 Å². The van der Waals surface area contributed by atoms with Crippen LogP contribution in [-0.4, -0.2) is 11.0 Å². The number of nitrogens with zero attached hydrogens (tertiary/aromatic N) is 1. The van der Waals surface area contributed by atoms with Gasteiger partial charge >= 0.3 is 0 Å². The Morgan fingerprint density at radius 2 is 1.95 bits per heavy atom. The van der Waals surface area contributed by atoms with Gasteiger partial charge in [0, 0.05) is 33.4 Å². The van der Waals surface area contributed by atoms with Gasteiger partial charge in [-0.25, -0.2) is 0 Å². The van der Waals surface area contributed by atoms with Crippen molar-refractivity contribution < 1.29 is 4.92 Å². The predicted molar refractivity (Wildman–Crippen MR) is 87.1 cm³/mol. The van der Waals surface area contributed by atoms with Crippen LogP contribution in [0, 0.1) is 10.1 Å². The molecule has 0 bridgehead atoms. The Hall–Kier alpha value is -1.59. The summed E-state index contributed by atoms with van der Waals surface area (Å²) in [5, 5.41) is 14.9. The van der Waals surface area contributed by atoms with Crippen molar-refractivity contribution >= 4 is 38.9 Å². The van der Waals surface area contributed by atoms with Gasteiger partial charge in [-0.1, -0.05) is 17.7 Å². The highest BCUT2D eigenvalue weighted by Crippen LogP contribution is 2.31. The van der Waals surface area contributed by atoms with E-state index in [0.717, 1.165) is 23.6 Å². The van der Waals surface area contributed by atoms with Gasteiger partial charge in [0.05, 0.1) is 4.92 Å². The van der Waals surface area contributed by atoms with E-state index in [1.54, 1.807) is 6.07 Å². The third kappa shape index (κ3) is 3.04. The van der Waals surface area contributed by atoms with E-state index in [0.29, 0.717) is 4.47 Å². The maximum atomic E-state index is 10.7. The van der Waals surface area contributed by atoms with Gasteiger partial charge in [-0.3, -0.25) is 10.1 Å². The summed E-state index contributed by atoms with van der Waals surface area (Å²) < 4.78 is 0.700. The first kappa shape index (κ1) is 14.4. The maximum absolute atomic E-state index is 10.7. The van der Waals surface area contributed by atoms with E-state index in [1.165, 1.54) is 23.3 Å². The first-order valence-corrected chi connectivity index (χ1v) is 7.68. The molecule has 1 aliphatic rings. The van der Waals surface area contributed by atoms with Crippen molar-refractivity contribution in [2.24, 2.45) is 0 Å². The summed E-state index contributed by atoms with van der Waals surface area (Å²) >= 11 is 9.39. The Kier molecular flexibility index (Phi) is 3.87. The van der Waals surface area contributed by atoms with Gasteiger partial charge in [0.1, 0.15) is 0 Å². The molecule has 0 fully saturated rings. The Morgan fingerprint density at radius 1 is 1.19 bits per heavy atom. The molecule has 21 heavy (non-hydrogen) atoms. The Balaban J connectivity index is 1.76. The van der Waals surface area contributed by atoms with Crippen molar-refractivity contribution in [3.63, 3.8) is 0 Å². The molecule has 0 heterocycles. The summed E-state index contributed by atoms with van der Waals surface area (Å²) in [4.78, 5) is 10.3. The lowest BCUT2D eigenvalue weighted by Crippen LogP contribution is -2.19. The minimum Gasteiger partial charge on any atom is -0.381 e. The highest BCUT2D eigenvalue weighted by atomic mass is 79.9. The molecule has 0 amide bonds. The highest BCUT2D eigenvalue weighted by molar-refractivity contribution is 9.10. The molecule has 108 valence electrons. The molecule has 6 heteroatoms. The molecular formula is C15H12BrClN2O2. The largest absolute Gasteiger partial charge is 0.381 e. The fourth-order valence-electron chi connectivity index (χ4n) is 2.64. The van der Waals surface area contributed by atoms with E-state index in [4.69, 9.17) is 11.6 Å². The molecule has 0 saturated carbocycles. The van der Waals surface area contributed by atoms with Gasteiger partial charge in [0.15, 0.2) is 0 Å². The van der Waals surface area contributed by atoms with E-state index in [1.807, 2.05) is 12.1 Å². The second kappa shape index (κ2) is 5.66. The second-order valence-electron chi connectivity index (χ2n) is 5.08. The summed E-state index contributed by atoms with van der Waals surface area (Å²) in [7, 11) is 0. The monoisotopic (exact) mass is 366 g/mol. The average molecular weight is 368 g/mol. The number of nitrogens with one attached hydrogen (secondary N) is 1. The molecule has 2 aromatic carbocycles. The number of hydrogen-bond acceptors (Lipinski definition) is 3. The predicted octanol–water partition coefficient (Wildman–Crippen LogP) is 4.59. The fourth-order valence-corrected chi connectivity index (χ4v) is 3.32. The zero-order valence-corrected chi connectivity index (χ0v) is 13.3. The van der Waals surface area contributed by atoms with Crippen LogP contribution < -0.4 is 5.32 Å². The summed E-state index contributed by atoms with van der Waals surface area (Å²) in [5.41, 5.74) is 3.51. The van der Waals surface area contributed by atoms with Crippen LogP contribution in [0.4, 0.5) is 11.4 Å². The number of nitro groups is 1. The first-order chi connectivity index (χ1) is 10.0. The number of rotatable bonds is 3. The van der Waals surface area contributed by atoms with Crippen molar-refractivity contribution in [1.29, 1.82) is 0 Å². The Bertz CT molecular complexity index is 721. The van der Waals surface area contributed by atoms with Crippen molar-refractivity contribution in [2.75, 3.05) is 5.32 Å². The second-order valence-corrected chi connectivity index (χ2v) is 6.37. The number of benzene rings is 2. The number of non-ortho nitro benzene ring substituents is 1.